The van der Waals surface area contributed by atoms with Crippen molar-refractivity contribution in [1.82, 2.24) is 14.9 Å². The smallest absolute Gasteiger partial charge is 0.358 e. The lowest BCUT2D eigenvalue weighted by molar-refractivity contribution is 0.0686. The number of ether oxygens (including phenoxy) is 1. The van der Waals surface area contributed by atoms with Crippen molar-refractivity contribution in [1.29, 1.82) is 0 Å². The number of aromatic nitrogens is 3. The van der Waals surface area contributed by atoms with Crippen LogP contribution in [0.15, 0.2) is 10.6 Å². The molecule has 0 atom stereocenters. The number of hydrogen-bond donors (Lipinski definition) is 1. The van der Waals surface area contributed by atoms with Crippen molar-refractivity contribution < 1.29 is 19.2 Å². The van der Waals surface area contributed by atoms with Crippen LogP contribution in [-0.2, 0) is 7.05 Å². The summed E-state index contributed by atoms with van der Waals surface area (Å²) in [5, 5.41) is 16.4. The van der Waals surface area contributed by atoms with Gasteiger partial charge >= 0.3 is 5.97 Å². The van der Waals surface area contributed by atoms with Gasteiger partial charge in [-0.2, -0.15) is 5.10 Å². The van der Waals surface area contributed by atoms with Gasteiger partial charge in [0.1, 0.15) is 5.56 Å². The third kappa shape index (κ3) is 1.75. The molecular weight excluding hydrogens is 226 g/mol. The molecule has 0 saturated heterocycles. The van der Waals surface area contributed by atoms with Crippen molar-refractivity contribution in [2.24, 2.45) is 7.05 Å². The second-order valence-corrected chi connectivity index (χ2v) is 3.47. The largest absolute Gasteiger partial charge is 0.481 e. The Kier molecular flexibility index (Phi) is 2.58. The van der Waals surface area contributed by atoms with Crippen LogP contribution in [-0.4, -0.2) is 33.1 Å². The van der Waals surface area contributed by atoms with Gasteiger partial charge in [0, 0.05) is 13.1 Å². The lowest BCUT2D eigenvalue weighted by atomic mass is 10.2. The highest BCUT2D eigenvalue weighted by Gasteiger charge is 2.21. The van der Waals surface area contributed by atoms with Gasteiger partial charge in [0.15, 0.2) is 11.5 Å². The first-order chi connectivity index (χ1) is 8.04. The van der Waals surface area contributed by atoms with Gasteiger partial charge in [-0.05, 0) is 6.92 Å². The molecule has 0 aromatic carbocycles. The number of carbonyl (C=O) groups is 1. The molecule has 2 heterocycles. The number of aryl methyl sites for hydroxylation is 2. The normalized spacial score (nSPS) is 10.5. The average molecular weight is 237 g/mol. The van der Waals surface area contributed by atoms with E-state index >= 15 is 0 Å². The molecule has 0 bridgehead atoms. The van der Waals surface area contributed by atoms with Crippen LogP contribution >= 0.6 is 0 Å². The summed E-state index contributed by atoms with van der Waals surface area (Å²) in [5.74, 6) is -0.319. The molecule has 0 aliphatic rings. The first kappa shape index (κ1) is 11.2. The number of methoxy groups -OCH3 is 1. The summed E-state index contributed by atoms with van der Waals surface area (Å²) in [4.78, 5) is 10.7. The van der Waals surface area contributed by atoms with Gasteiger partial charge < -0.3 is 14.4 Å². The molecule has 0 fully saturated rings. The topological polar surface area (TPSA) is 90.4 Å². The highest BCUT2D eigenvalue weighted by Crippen LogP contribution is 2.32. The maximum atomic E-state index is 10.7. The molecule has 2 rings (SSSR count). The summed E-state index contributed by atoms with van der Waals surface area (Å²) < 4.78 is 11.7. The van der Waals surface area contributed by atoms with Gasteiger partial charge in [0.05, 0.1) is 12.8 Å². The molecule has 17 heavy (non-hydrogen) atoms. The van der Waals surface area contributed by atoms with Crippen molar-refractivity contribution in [3.05, 3.63) is 17.5 Å². The molecule has 1 N–H and O–H groups in total. The zero-order valence-electron chi connectivity index (χ0n) is 9.59. The standard InChI is InChI=1S/C10H11N3O4/c1-5-8(9(16-3)13(2)11-5)7-4-6(10(14)15)12-17-7/h4H,1-3H3,(H,14,15). The molecule has 0 saturated carbocycles. The summed E-state index contributed by atoms with van der Waals surface area (Å²) in [6.07, 6.45) is 0. The lowest BCUT2D eigenvalue weighted by Gasteiger charge is -2.00. The summed E-state index contributed by atoms with van der Waals surface area (Å²) >= 11 is 0. The number of carboxylic acid groups (broad SMARTS) is 1. The SMILES string of the molecule is COc1c(-c2cc(C(=O)O)no2)c(C)nn1C. The summed E-state index contributed by atoms with van der Waals surface area (Å²) in [6, 6.07) is 1.34. The van der Waals surface area contributed by atoms with E-state index in [4.69, 9.17) is 14.4 Å². The van der Waals surface area contributed by atoms with Gasteiger partial charge in [0.2, 0.25) is 5.88 Å². The molecule has 90 valence electrons. The number of aromatic carboxylic acids is 1. The number of hydrogen-bond acceptors (Lipinski definition) is 5. The molecule has 0 radical (unpaired) electrons. The van der Waals surface area contributed by atoms with Crippen LogP contribution in [0.2, 0.25) is 0 Å². The van der Waals surface area contributed by atoms with Gasteiger partial charge in [-0.15, -0.1) is 0 Å². The molecule has 2 aromatic heterocycles. The predicted molar refractivity (Wildman–Crippen MR) is 57.0 cm³/mol. The van der Waals surface area contributed by atoms with E-state index in [0.29, 0.717) is 22.9 Å². The Hall–Kier alpha value is -2.31. The fourth-order valence-electron chi connectivity index (χ4n) is 1.65. The highest BCUT2D eigenvalue weighted by molar-refractivity contribution is 5.86. The van der Waals surface area contributed by atoms with Crippen LogP contribution in [0.25, 0.3) is 11.3 Å². The van der Waals surface area contributed by atoms with Crippen LogP contribution in [0, 0.1) is 6.92 Å². The quantitative estimate of drug-likeness (QED) is 0.859. The maximum Gasteiger partial charge on any atom is 0.358 e. The van der Waals surface area contributed by atoms with Crippen molar-refractivity contribution in [2.75, 3.05) is 7.11 Å². The lowest BCUT2D eigenvalue weighted by Crippen LogP contribution is -1.95. The first-order valence-corrected chi connectivity index (χ1v) is 4.82. The Bertz CT molecular complexity index is 570. The minimum absolute atomic E-state index is 0.148. The van der Waals surface area contributed by atoms with Gasteiger partial charge in [-0.1, -0.05) is 5.16 Å². The molecule has 2 aromatic rings. The van der Waals surface area contributed by atoms with E-state index in [-0.39, 0.29) is 5.69 Å². The Balaban J connectivity index is 2.55. The van der Waals surface area contributed by atoms with Gasteiger partial charge in [-0.3, -0.25) is 0 Å². The van der Waals surface area contributed by atoms with E-state index < -0.39 is 5.97 Å². The summed E-state index contributed by atoms with van der Waals surface area (Å²) in [5.41, 5.74) is 1.14. The van der Waals surface area contributed by atoms with Crippen LogP contribution in [0.1, 0.15) is 16.2 Å². The maximum absolute atomic E-state index is 10.7. The van der Waals surface area contributed by atoms with Crippen molar-refractivity contribution >= 4 is 5.97 Å². The second kappa shape index (κ2) is 3.93. The van der Waals surface area contributed by atoms with E-state index in [1.54, 1.807) is 18.7 Å². The zero-order valence-corrected chi connectivity index (χ0v) is 9.59. The van der Waals surface area contributed by atoms with E-state index in [1.165, 1.54) is 13.2 Å². The highest BCUT2D eigenvalue weighted by atomic mass is 16.5. The predicted octanol–water partition coefficient (Wildman–Crippen LogP) is 1.09. The summed E-state index contributed by atoms with van der Waals surface area (Å²) in [7, 11) is 3.23. The molecule has 0 aliphatic carbocycles. The van der Waals surface area contributed by atoms with E-state index in [0.717, 1.165) is 0 Å². The van der Waals surface area contributed by atoms with Crippen LogP contribution in [0.4, 0.5) is 0 Å². The van der Waals surface area contributed by atoms with Gasteiger partial charge in [0.25, 0.3) is 0 Å². The fraction of sp³-hybridized carbons (Fsp3) is 0.300. The first-order valence-electron chi connectivity index (χ1n) is 4.82. The number of nitrogens with zero attached hydrogens (tertiary/aromatic N) is 3. The van der Waals surface area contributed by atoms with Crippen molar-refractivity contribution in [2.45, 2.75) is 6.92 Å². The molecule has 0 aliphatic heterocycles. The molecule has 7 heteroatoms. The fourth-order valence-corrected chi connectivity index (χ4v) is 1.65. The number of carboxylic acids is 1. The monoisotopic (exact) mass is 237 g/mol. The molecule has 7 nitrogen and oxygen atoms in total. The zero-order chi connectivity index (χ0) is 12.6. The van der Waals surface area contributed by atoms with Crippen LogP contribution in [0.5, 0.6) is 5.88 Å². The second-order valence-electron chi connectivity index (χ2n) is 3.47. The summed E-state index contributed by atoms with van der Waals surface area (Å²) in [6.45, 7) is 1.78. The molecule has 0 unspecified atom stereocenters. The Morgan fingerprint density at radius 2 is 2.29 bits per heavy atom. The van der Waals surface area contributed by atoms with Crippen LogP contribution < -0.4 is 4.74 Å². The molecule has 0 amide bonds. The van der Waals surface area contributed by atoms with Crippen LogP contribution in [0.3, 0.4) is 0 Å². The Labute approximate surface area is 96.6 Å². The number of rotatable bonds is 3. The molecular formula is C10H11N3O4. The van der Waals surface area contributed by atoms with Gasteiger partial charge in [-0.25, -0.2) is 9.48 Å². The van der Waals surface area contributed by atoms with E-state index in [1.807, 2.05) is 0 Å². The van der Waals surface area contributed by atoms with E-state index in [9.17, 15) is 4.79 Å². The van der Waals surface area contributed by atoms with Crippen molar-refractivity contribution in [3.8, 4) is 17.2 Å². The molecule has 0 spiro atoms. The Morgan fingerprint density at radius 3 is 2.82 bits per heavy atom. The third-order valence-corrected chi connectivity index (χ3v) is 2.34. The average Bonchev–Trinajstić information content (AvgIpc) is 2.82. The third-order valence-electron chi connectivity index (χ3n) is 2.34. The van der Waals surface area contributed by atoms with E-state index in [2.05, 4.69) is 10.3 Å². The minimum atomic E-state index is -1.14. The minimum Gasteiger partial charge on any atom is -0.481 e. The Morgan fingerprint density at radius 1 is 1.59 bits per heavy atom. The van der Waals surface area contributed by atoms with Crippen molar-refractivity contribution in [3.63, 3.8) is 0 Å².